The van der Waals surface area contributed by atoms with Gasteiger partial charge in [0.25, 0.3) is 0 Å². The van der Waals surface area contributed by atoms with Crippen LogP contribution in [0.1, 0.15) is 37.9 Å². The zero-order valence-electron chi connectivity index (χ0n) is 11.7. The molecule has 0 spiro atoms. The van der Waals surface area contributed by atoms with Gasteiger partial charge in [0.05, 0.1) is 5.56 Å². The molecule has 0 amide bonds. The van der Waals surface area contributed by atoms with Crippen LogP contribution in [0.15, 0.2) is 18.2 Å². The fourth-order valence-corrected chi connectivity index (χ4v) is 2.67. The Morgan fingerprint density at radius 3 is 2.40 bits per heavy atom. The highest BCUT2D eigenvalue weighted by atomic mass is 32.2. The van der Waals surface area contributed by atoms with Crippen LogP contribution in [0.2, 0.25) is 0 Å². The van der Waals surface area contributed by atoms with Crippen LogP contribution >= 0.6 is 11.8 Å². The number of hydrogen-bond acceptors (Lipinski definition) is 2. The summed E-state index contributed by atoms with van der Waals surface area (Å²) >= 11 is 1.65. The van der Waals surface area contributed by atoms with Crippen molar-refractivity contribution < 1.29 is 17.6 Å². The number of nitrogens with one attached hydrogen (secondary N) is 1. The second-order valence-electron chi connectivity index (χ2n) is 4.73. The lowest BCUT2D eigenvalue weighted by Crippen LogP contribution is -2.24. The van der Waals surface area contributed by atoms with Crippen LogP contribution in [0.4, 0.5) is 17.6 Å². The molecule has 1 N–H and O–H groups in total. The minimum absolute atomic E-state index is 0.214. The summed E-state index contributed by atoms with van der Waals surface area (Å²) in [6, 6.07) is 3.00. The summed E-state index contributed by atoms with van der Waals surface area (Å²) < 4.78 is 51.5. The third-order valence-corrected chi connectivity index (χ3v) is 3.94. The van der Waals surface area contributed by atoms with E-state index in [4.69, 9.17) is 0 Å². The second kappa shape index (κ2) is 7.31. The second-order valence-corrected chi connectivity index (χ2v) is 6.34. The van der Waals surface area contributed by atoms with E-state index < -0.39 is 17.6 Å². The van der Waals surface area contributed by atoms with Crippen molar-refractivity contribution in [3.63, 3.8) is 0 Å². The molecule has 1 unspecified atom stereocenters. The van der Waals surface area contributed by atoms with Crippen LogP contribution in [0.5, 0.6) is 0 Å². The smallest absolute Gasteiger partial charge is 0.310 e. The van der Waals surface area contributed by atoms with E-state index in [1.165, 1.54) is 6.07 Å². The maximum Gasteiger partial charge on any atom is 0.419 e. The summed E-state index contributed by atoms with van der Waals surface area (Å²) in [4.78, 5) is 0. The standard InChI is InChI=1S/C14H19F4NS/c1-4-19-13(8-20-9(2)3)10-5-6-12(15)11(7-10)14(16,17)18/h5-7,9,13,19H,4,8H2,1-3H3. The molecule has 0 aliphatic carbocycles. The maximum absolute atomic E-state index is 13.3. The molecule has 1 nitrogen and oxygen atoms in total. The third kappa shape index (κ3) is 4.98. The van der Waals surface area contributed by atoms with Gasteiger partial charge in [0.2, 0.25) is 0 Å². The minimum Gasteiger partial charge on any atom is -0.310 e. The summed E-state index contributed by atoms with van der Waals surface area (Å²) in [7, 11) is 0. The quantitative estimate of drug-likeness (QED) is 0.769. The van der Waals surface area contributed by atoms with E-state index in [9.17, 15) is 17.6 Å². The minimum atomic E-state index is -4.66. The van der Waals surface area contributed by atoms with Crippen LogP contribution in [0.25, 0.3) is 0 Å². The van der Waals surface area contributed by atoms with E-state index in [0.29, 0.717) is 23.1 Å². The van der Waals surface area contributed by atoms with Crippen LogP contribution in [0.3, 0.4) is 0 Å². The summed E-state index contributed by atoms with van der Waals surface area (Å²) in [5.41, 5.74) is -0.735. The molecule has 1 aromatic carbocycles. The van der Waals surface area contributed by atoms with Gasteiger partial charge in [0, 0.05) is 11.8 Å². The molecule has 1 atom stereocenters. The molecular weight excluding hydrogens is 290 g/mol. The first-order chi connectivity index (χ1) is 9.25. The highest BCUT2D eigenvalue weighted by Crippen LogP contribution is 2.33. The van der Waals surface area contributed by atoms with Gasteiger partial charge in [-0.15, -0.1) is 0 Å². The molecule has 0 aliphatic heterocycles. The first-order valence-corrected chi connectivity index (χ1v) is 7.52. The third-order valence-electron chi connectivity index (χ3n) is 2.74. The summed E-state index contributed by atoms with van der Waals surface area (Å²) in [6.07, 6.45) is -4.66. The number of benzene rings is 1. The fourth-order valence-electron chi connectivity index (χ4n) is 1.78. The van der Waals surface area contributed by atoms with Crippen LogP contribution in [-0.4, -0.2) is 17.5 Å². The van der Waals surface area contributed by atoms with Gasteiger partial charge in [-0.25, -0.2) is 4.39 Å². The Kier molecular flexibility index (Phi) is 6.33. The maximum atomic E-state index is 13.3. The van der Waals surface area contributed by atoms with Gasteiger partial charge < -0.3 is 5.32 Å². The lowest BCUT2D eigenvalue weighted by atomic mass is 10.0. The first kappa shape index (κ1) is 17.3. The van der Waals surface area contributed by atoms with Gasteiger partial charge >= 0.3 is 6.18 Å². The summed E-state index contributed by atoms with van der Waals surface area (Å²) in [6.45, 7) is 6.59. The lowest BCUT2D eigenvalue weighted by Gasteiger charge is -2.20. The Hall–Kier alpha value is -0.750. The normalized spacial score (nSPS) is 13.8. The molecule has 20 heavy (non-hydrogen) atoms. The topological polar surface area (TPSA) is 12.0 Å². The lowest BCUT2D eigenvalue weighted by molar-refractivity contribution is -0.140. The molecule has 1 aromatic rings. The van der Waals surface area contributed by atoms with Gasteiger partial charge in [0.15, 0.2) is 0 Å². The number of hydrogen-bond donors (Lipinski definition) is 1. The van der Waals surface area contributed by atoms with Gasteiger partial charge in [-0.2, -0.15) is 24.9 Å². The number of halogens is 4. The van der Waals surface area contributed by atoms with Crippen molar-refractivity contribution >= 4 is 11.8 Å². The predicted octanol–water partition coefficient (Wildman–Crippen LogP) is 4.64. The van der Waals surface area contributed by atoms with Crippen molar-refractivity contribution in [3.05, 3.63) is 35.1 Å². The van der Waals surface area contributed by atoms with Crippen molar-refractivity contribution in [1.82, 2.24) is 5.32 Å². The Labute approximate surface area is 121 Å². The fraction of sp³-hybridized carbons (Fsp3) is 0.571. The Bertz CT molecular complexity index is 432. The molecule has 0 heterocycles. The zero-order chi connectivity index (χ0) is 15.3. The monoisotopic (exact) mass is 309 g/mol. The van der Waals surface area contributed by atoms with Gasteiger partial charge in [-0.05, 0) is 29.5 Å². The zero-order valence-corrected chi connectivity index (χ0v) is 12.5. The predicted molar refractivity (Wildman–Crippen MR) is 75.4 cm³/mol. The molecular formula is C14H19F4NS. The molecule has 1 rings (SSSR count). The number of rotatable bonds is 6. The van der Waals surface area contributed by atoms with E-state index in [1.54, 1.807) is 11.8 Å². The van der Waals surface area contributed by atoms with E-state index in [0.717, 1.165) is 12.1 Å². The highest BCUT2D eigenvalue weighted by molar-refractivity contribution is 7.99. The SMILES string of the molecule is CCNC(CSC(C)C)c1ccc(F)c(C(F)(F)F)c1. The Balaban J connectivity index is 3.02. The van der Waals surface area contributed by atoms with Gasteiger partial charge in [-0.3, -0.25) is 0 Å². The molecule has 0 bridgehead atoms. The molecule has 0 saturated heterocycles. The van der Waals surface area contributed by atoms with Crippen molar-refractivity contribution in [3.8, 4) is 0 Å². The molecule has 0 aromatic heterocycles. The van der Waals surface area contributed by atoms with Crippen molar-refractivity contribution in [2.75, 3.05) is 12.3 Å². The number of thioether (sulfide) groups is 1. The Morgan fingerprint density at radius 2 is 1.90 bits per heavy atom. The van der Waals surface area contributed by atoms with Crippen molar-refractivity contribution in [2.24, 2.45) is 0 Å². The molecule has 6 heteroatoms. The van der Waals surface area contributed by atoms with Crippen LogP contribution in [0, 0.1) is 5.82 Å². The summed E-state index contributed by atoms with van der Waals surface area (Å²) in [5, 5.41) is 3.53. The van der Waals surface area contributed by atoms with Crippen LogP contribution in [-0.2, 0) is 6.18 Å². The average Bonchev–Trinajstić information content (AvgIpc) is 2.33. The average molecular weight is 309 g/mol. The molecule has 0 aliphatic rings. The number of alkyl halides is 3. The largest absolute Gasteiger partial charge is 0.419 e. The van der Waals surface area contributed by atoms with Gasteiger partial charge in [0.1, 0.15) is 5.82 Å². The molecule has 0 saturated carbocycles. The van der Waals surface area contributed by atoms with E-state index in [2.05, 4.69) is 5.32 Å². The van der Waals surface area contributed by atoms with E-state index >= 15 is 0 Å². The van der Waals surface area contributed by atoms with Crippen molar-refractivity contribution in [2.45, 2.75) is 38.2 Å². The van der Waals surface area contributed by atoms with Crippen LogP contribution < -0.4 is 5.32 Å². The highest BCUT2D eigenvalue weighted by Gasteiger charge is 2.34. The van der Waals surface area contributed by atoms with E-state index in [1.807, 2.05) is 20.8 Å². The molecule has 0 fully saturated rings. The first-order valence-electron chi connectivity index (χ1n) is 6.47. The molecule has 0 radical (unpaired) electrons. The summed E-state index contributed by atoms with van der Waals surface area (Å²) in [5.74, 6) is -0.581. The van der Waals surface area contributed by atoms with Crippen molar-refractivity contribution in [1.29, 1.82) is 0 Å². The van der Waals surface area contributed by atoms with Gasteiger partial charge in [-0.1, -0.05) is 26.8 Å². The molecule has 114 valence electrons. The van der Waals surface area contributed by atoms with E-state index in [-0.39, 0.29) is 6.04 Å². The Morgan fingerprint density at radius 1 is 1.25 bits per heavy atom.